The molecule has 2 rings (SSSR count). The van der Waals surface area contributed by atoms with Crippen molar-refractivity contribution in [1.82, 2.24) is 0 Å². The highest BCUT2D eigenvalue weighted by Crippen LogP contribution is 2.47. The van der Waals surface area contributed by atoms with E-state index in [1.54, 1.807) is 25.1 Å². The molecule has 0 aliphatic heterocycles. The van der Waals surface area contributed by atoms with Gasteiger partial charge in [-0.15, -0.1) is 0 Å². The second kappa shape index (κ2) is 5.61. The third-order valence-electron chi connectivity index (χ3n) is 3.57. The van der Waals surface area contributed by atoms with Crippen LogP contribution in [0.25, 0.3) is 0 Å². The van der Waals surface area contributed by atoms with Crippen molar-refractivity contribution in [3.05, 3.63) is 35.4 Å². The van der Waals surface area contributed by atoms with Crippen molar-refractivity contribution in [2.75, 3.05) is 6.61 Å². The summed E-state index contributed by atoms with van der Waals surface area (Å²) in [6, 6.07) is 9.09. The number of aliphatic hydroxyl groups is 2. The lowest BCUT2D eigenvalue weighted by Crippen LogP contribution is -2.30. The van der Waals surface area contributed by atoms with Crippen LogP contribution in [0.3, 0.4) is 0 Å². The van der Waals surface area contributed by atoms with Gasteiger partial charge in [0.1, 0.15) is 6.10 Å². The van der Waals surface area contributed by atoms with Crippen LogP contribution in [0.1, 0.15) is 37.0 Å². The third kappa shape index (κ3) is 2.67. The first-order chi connectivity index (χ1) is 9.54. The van der Waals surface area contributed by atoms with Gasteiger partial charge in [0.25, 0.3) is 0 Å². The van der Waals surface area contributed by atoms with Crippen LogP contribution in [0.2, 0.25) is 0 Å². The fraction of sp³-hybridized carbons (Fsp3) is 0.467. The van der Waals surface area contributed by atoms with E-state index in [2.05, 4.69) is 10.8 Å². The molecule has 5 nitrogen and oxygen atoms in total. The number of hydrogen-bond acceptors (Lipinski definition) is 5. The van der Waals surface area contributed by atoms with Crippen LogP contribution in [0.15, 0.2) is 24.3 Å². The van der Waals surface area contributed by atoms with Crippen LogP contribution in [0, 0.1) is 11.3 Å². The molecule has 2 N–H and O–H groups in total. The number of hydrogen-bond donors (Lipinski definition) is 2. The molecule has 0 saturated heterocycles. The van der Waals surface area contributed by atoms with Gasteiger partial charge in [-0.2, -0.15) is 5.26 Å². The summed E-state index contributed by atoms with van der Waals surface area (Å²) in [7, 11) is 0. The van der Waals surface area contributed by atoms with Crippen molar-refractivity contribution >= 4 is 5.97 Å². The van der Waals surface area contributed by atoms with E-state index in [1.165, 1.54) is 0 Å². The van der Waals surface area contributed by atoms with Crippen LogP contribution in [-0.4, -0.2) is 28.9 Å². The van der Waals surface area contributed by atoms with Crippen molar-refractivity contribution in [2.45, 2.75) is 37.4 Å². The minimum Gasteiger partial charge on any atom is -0.464 e. The zero-order valence-corrected chi connectivity index (χ0v) is 11.2. The van der Waals surface area contributed by atoms with Gasteiger partial charge < -0.3 is 14.9 Å². The molecule has 1 aliphatic carbocycles. The monoisotopic (exact) mass is 275 g/mol. The predicted octanol–water partition coefficient (Wildman–Crippen LogP) is 1.20. The molecule has 2 unspecified atom stereocenters. The molecular weight excluding hydrogens is 258 g/mol. The van der Waals surface area contributed by atoms with Crippen molar-refractivity contribution in [3.63, 3.8) is 0 Å². The van der Waals surface area contributed by atoms with Gasteiger partial charge in [0.05, 0.1) is 18.1 Å². The van der Waals surface area contributed by atoms with E-state index < -0.39 is 23.6 Å². The van der Waals surface area contributed by atoms with Crippen molar-refractivity contribution in [3.8, 4) is 6.07 Å². The molecule has 1 aliphatic rings. The average molecular weight is 275 g/mol. The third-order valence-corrected chi connectivity index (χ3v) is 3.57. The molecule has 0 heterocycles. The van der Waals surface area contributed by atoms with Gasteiger partial charge in [0.15, 0.2) is 6.10 Å². The van der Waals surface area contributed by atoms with E-state index >= 15 is 0 Å². The summed E-state index contributed by atoms with van der Waals surface area (Å²) in [6.45, 7) is 1.77. The van der Waals surface area contributed by atoms with E-state index in [-0.39, 0.29) is 6.61 Å². The van der Waals surface area contributed by atoms with Gasteiger partial charge >= 0.3 is 5.97 Å². The number of carbonyl (C=O) groups is 1. The van der Waals surface area contributed by atoms with Gasteiger partial charge in [-0.25, -0.2) is 4.79 Å². The first-order valence-electron chi connectivity index (χ1n) is 6.58. The van der Waals surface area contributed by atoms with Gasteiger partial charge in [-0.3, -0.25) is 0 Å². The summed E-state index contributed by atoms with van der Waals surface area (Å²) in [6.07, 6.45) is -1.39. The van der Waals surface area contributed by atoms with Crippen LogP contribution in [0.4, 0.5) is 0 Å². The Morgan fingerprint density at radius 2 is 2.20 bits per heavy atom. The zero-order valence-electron chi connectivity index (χ0n) is 11.2. The lowest BCUT2D eigenvalue weighted by atomic mass is 9.93. The van der Waals surface area contributed by atoms with Crippen molar-refractivity contribution < 1.29 is 19.7 Å². The Morgan fingerprint density at radius 1 is 1.50 bits per heavy atom. The molecule has 0 radical (unpaired) electrons. The van der Waals surface area contributed by atoms with Crippen molar-refractivity contribution in [1.29, 1.82) is 5.26 Å². The summed E-state index contributed by atoms with van der Waals surface area (Å²) < 4.78 is 4.68. The van der Waals surface area contributed by atoms with Gasteiger partial charge in [-0.1, -0.05) is 24.3 Å². The number of benzene rings is 1. The largest absolute Gasteiger partial charge is 0.464 e. The fourth-order valence-electron chi connectivity index (χ4n) is 2.15. The van der Waals surface area contributed by atoms with E-state index in [4.69, 9.17) is 0 Å². The number of nitriles is 1. The Hall–Kier alpha value is -1.90. The molecule has 0 amide bonds. The maximum atomic E-state index is 11.4. The summed E-state index contributed by atoms with van der Waals surface area (Å²) in [5, 5.41) is 29.0. The van der Waals surface area contributed by atoms with Crippen LogP contribution in [-0.2, 0) is 14.9 Å². The Bertz CT molecular complexity index is 545. The van der Waals surface area contributed by atoms with E-state index in [0.29, 0.717) is 5.56 Å². The lowest BCUT2D eigenvalue weighted by molar-refractivity contribution is -0.159. The molecule has 2 atom stereocenters. The fourth-order valence-corrected chi connectivity index (χ4v) is 2.15. The topological polar surface area (TPSA) is 90.6 Å². The molecule has 0 aromatic heterocycles. The minimum atomic E-state index is -1.62. The smallest absolute Gasteiger partial charge is 0.338 e. The molecule has 1 saturated carbocycles. The van der Waals surface area contributed by atoms with Gasteiger partial charge in [0, 0.05) is 0 Å². The maximum Gasteiger partial charge on any atom is 0.338 e. The van der Waals surface area contributed by atoms with E-state index in [0.717, 1.165) is 18.4 Å². The van der Waals surface area contributed by atoms with Crippen LogP contribution < -0.4 is 0 Å². The molecule has 0 bridgehead atoms. The van der Waals surface area contributed by atoms with Crippen LogP contribution in [0.5, 0.6) is 0 Å². The van der Waals surface area contributed by atoms with Gasteiger partial charge in [0.2, 0.25) is 0 Å². The molecule has 1 aromatic carbocycles. The van der Waals surface area contributed by atoms with Gasteiger partial charge in [-0.05, 0) is 30.9 Å². The zero-order chi connectivity index (χ0) is 14.8. The molecule has 1 fully saturated rings. The second-order valence-corrected chi connectivity index (χ2v) is 4.96. The quantitative estimate of drug-likeness (QED) is 0.788. The maximum absolute atomic E-state index is 11.4. The minimum absolute atomic E-state index is 0.139. The van der Waals surface area contributed by atoms with Crippen molar-refractivity contribution in [2.24, 2.45) is 0 Å². The summed E-state index contributed by atoms with van der Waals surface area (Å²) in [4.78, 5) is 11.4. The number of ether oxygens (including phenoxy) is 1. The van der Waals surface area contributed by atoms with E-state index in [1.807, 2.05) is 6.07 Å². The Kier molecular flexibility index (Phi) is 4.07. The molecule has 0 spiro atoms. The number of esters is 1. The van der Waals surface area contributed by atoms with E-state index in [9.17, 15) is 20.3 Å². The Balaban J connectivity index is 2.19. The highest BCUT2D eigenvalue weighted by atomic mass is 16.5. The Labute approximate surface area is 117 Å². The second-order valence-electron chi connectivity index (χ2n) is 4.96. The number of nitrogens with zero attached hydrogens (tertiary/aromatic N) is 1. The number of carbonyl (C=O) groups excluding carboxylic acids is 1. The summed E-state index contributed by atoms with van der Waals surface area (Å²) in [5.41, 5.74) is 0.752. The normalized spacial score (nSPS) is 18.7. The molecule has 1 aromatic rings. The predicted molar refractivity (Wildman–Crippen MR) is 70.6 cm³/mol. The van der Waals surface area contributed by atoms with Crippen LogP contribution >= 0.6 is 0 Å². The summed E-state index contributed by atoms with van der Waals surface area (Å²) >= 11 is 0. The standard InChI is InChI=1S/C15H17NO4/c1-2-20-14(19)13(18)12(17)10-4-3-5-11(8-10)15(9-16)6-7-15/h3-5,8,12-13,17-18H,2,6-7H2,1H3. The Morgan fingerprint density at radius 3 is 2.75 bits per heavy atom. The average Bonchev–Trinajstić information content (AvgIpc) is 3.27. The lowest BCUT2D eigenvalue weighted by Gasteiger charge is -2.18. The summed E-state index contributed by atoms with van der Waals surface area (Å²) in [5.74, 6) is -0.855. The number of rotatable bonds is 5. The first kappa shape index (κ1) is 14.5. The first-order valence-corrected chi connectivity index (χ1v) is 6.58. The number of aliphatic hydroxyl groups excluding tert-OH is 2. The highest BCUT2D eigenvalue weighted by Gasteiger charge is 2.45. The molecule has 20 heavy (non-hydrogen) atoms. The molecule has 106 valence electrons. The SMILES string of the molecule is CCOC(=O)C(O)C(O)c1cccc(C2(C#N)CC2)c1. The highest BCUT2D eigenvalue weighted by molar-refractivity contribution is 5.75. The molecular formula is C15H17NO4. The molecule has 5 heteroatoms.